The standard InChI is InChI=1S/C21H29NO2/c1-5-15-7-10-21(24-4)19(13-15)18(14-22)12-16-8-9-20(23-3)17(6-2)11-16/h7-11,13,18H,5-6,12,14,22H2,1-4H3. The van der Waals surface area contributed by atoms with Crippen LogP contribution in [-0.2, 0) is 19.3 Å². The molecule has 3 nitrogen and oxygen atoms in total. The average molecular weight is 327 g/mol. The van der Waals surface area contributed by atoms with Gasteiger partial charge in [0, 0.05) is 5.92 Å². The molecule has 3 heteroatoms. The summed E-state index contributed by atoms with van der Waals surface area (Å²) in [6.07, 6.45) is 2.87. The molecule has 0 aromatic heterocycles. The summed E-state index contributed by atoms with van der Waals surface area (Å²) in [5.41, 5.74) is 11.1. The van der Waals surface area contributed by atoms with Gasteiger partial charge in [0.15, 0.2) is 0 Å². The summed E-state index contributed by atoms with van der Waals surface area (Å²) in [7, 11) is 3.44. The molecule has 0 aliphatic rings. The van der Waals surface area contributed by atoms with Gasteiger partial charge in [0.05, 0.1) is 14.2 Å². The highest BCUT2D eigenvalue weighted by Crippen LogP contribution is 2.31. The SMILES string of the molecule is CCc1ccc(OC)c(C(CN)Cc2ccc(OC)c(CC)c2)c1. The van der Waals surface area contributed by atoms with E-state index >= 15 is 0 Å². The topological polar surface area (TPSA) is 44.5 Å². The molecule has 130 valence electrons. The Bertz CT molecular complexity index is 667. The normalized spacial score (nSPS) is 12.0. The highest BCUT2D eigenvalue weighted by Gasteiger charge is 2.17. The van der Waals surface area contributed by atoms with Gasteiger partial charge in [-0.2, -0.15) is 0 Å². The molecule has 0 aliphatic carbocycles. The predicted molar refractivity (Wildman–Crippen MR) is 100 cm³/mol. The predicted octanol–water partition coefficient (Wildman–Crippen LogP) is 4.11. The Hall–Kier alpha value is -2.00. The summed E-state index contributed by atoms with van der Waals surface area (Å²) < 4.78 is 11.0. The highest BCUT2D eigenvalue weighted by atomic mass is 16.5. The molecule has 0 heterocycles. The molecule has 0 saturated heterocycles. The molecule has 1 unspecified atom stereocenters. The number of hydrogen-bond acceptors (Lipinski definition) is 3. The van der Waals surface area contributed by atoms with Crippen LogP contribution < -0.4 is 15.2 Å². The van der Waals surface area contributed by atoms with Crippen molar-refractivity contribution in [3.8, 4) is 11.5 Å². The molecule has 0 radical (unpaired) electrons. The molecule has 0 fully saturated rings. The fraction of sp³-hybridized carbons (Fsp3) is 0.429. The quantitative estimate of drug-likeness (QED) is 0.793. The van der Waals surface area contributed by atoms with Crippen LogP contribution in [0.2, 0.25) is 0 Å². The monoisotopic (exact) mass is 327 g/mol. The molecule has 0 amide bonds. The zero-order valence-electron chi connectivity index (χ0n) is 15.3. The van der Waals surface area contributed by atoms with Crippen LogP contribution in [0.4, 0.5) is 0 Å². The lowest BCUT2D eigenvalue weighted by Gasteiger charge is -2.20. The van der Waals surface area contributed by atoms with Gasteiger partial charge in [-0.05, 0) is 60.2 Å². The maximum Gasteiger partial charge on any atom is 0.122 e. The average Bonchev–Trinajstić information content (AvgIpc) is 2.65. The minimum absolute atomic E-state index is 0.240. The first-order chi connectivity index (χ1) is 11.7. The van der Waals surface area contributed by atoms with Crippen molar-refractivity contribution in [3.63, 3.8) is 0 Å². The first-order valence-corrected chi connectivity index (χ1v) is 8.69. The van der Waals surface area contributed by atoms with Crippen LogP contribution in [0.3, 0.4) is 0 Å². The van der Waals surface area contributed by atoms with E-state index in [9.17, 15) is 0 Å². The number of ether oxygens (including phenoxy) is 2. The third-order valence-electron chi connectivity index (χ3n) is 4.63. The van der Waals surface area contributed by atoms with E-state index in [0.29, 0.717) is 6.54 Å². The van der Waals surface area contributed by atoms with Gasteiger partial charge in [-0.1, -0.05) is 38.1 Å². The Morgan fingerprint density at radius 3 is 2.12 bits per heavy atom. The van der Waals surface area contributed by atoms with Gasteiger partial charge in [-0.25, -0.2) is 0 Å². The van der Waals surface area contributed by atoms with Crippen LogP contribution in [-0.4, -0.2) is 20.8 Å². The van der Waals surface area contributed by atoms with E-state index in [1.807, 2.05) is 0 Å². The number of rotatable bonds is 8. The molecule has 2 rings (SSSR count). The van der Waals surface area contributed by atoms with Gasteiger partial charge in [0.25, 0.3) is 0 Å². The Morgan fingerprint density at radius 1 is 0.875 bits per heavy atom. The zero-order chi connectivity index (χ0) is 17.5. The Balaban J connectivity index is 2.33. The molecule has 0 saturated carbocycles. The second-order valence-electron chi connectivity index (χ2n) is 6.07. The van der Waals surface area contributed by atoms with E-state index in [1.54, 1.807) is 14.2 Å². The lowest BCUT2D eigenvalue weighted by atomic mass is 9.89. The van der Waals surface area contributed by atoms with E-state index in [1.165, 1.54) is 22.3 Å². The number of hydrogen-bond donors (Lipinski definition) is 1. The summed E-state index contributed by atoms with van der Waals surface area (Å²) in [5.74, 6) is 2.12. The maximum absolute atomic E-state index is 6.11. The summed E-state index contributed by atoms with van der Waals surface area (Å²) in [6.45, 7) is 4.91. The van der Waals surface area contributed by atoms with Crippen molar-refractivity contribution >= 4 is 0 Å². The molecule has 2 aromatic rings. The van der Waals surface area contributed by atoms with Crippen molar-refractivity contribution in [1.82, 2.24) is 0 Å². The lowest BCUT2D eigenvalue weighted by molar-refractivity contribution is 0.404. The Kier molecular flexibility index (Phi) is 6.68. The molecular weight excluding hydrogens is 298 g/mol. The largest absolute Gasteiger partial charge is 0.496 e. The van der Waals surface area contributed by atoms with Gasteiger partial charge < -0.3 is 15.2 Å². The number of methoxy groups -OCH3 is 2. The highest BCUT2D eigenvalue weighted by molar-refractivity contribution is 5.42. The van der Waals surface area contributed by atoms with E-state index in [2.05, 4.69) is 50.2 Å². The fourth-order valence-electron chi connectivity index (χ4n) is 3.16. The molecule has 24 heavy (non-hydrogen) atoms. The Morgan fingerprint density at radius 2 is 1.54 bits per heavy atom. The minimum atomic E-state index is 0.240. The molecular formula is C21H29NO2. The van der Waals surface area contributed by atoms with Gasteiger partial charge >= 0.3 is 0 Å². The summed E-state index contributed by atoms with van der Waals surface area (Å²) >= 11 is 0. The molecule has 2 N–H and O–H groups in total. The molecule has 0 bridgehead atoms. The molecule has 0 spiro atoms. The van der Waals surface area contributed by atoms with E-state index in [4.69, 9.17) is 15.2 Å². The summed E-state index contributed by atoms with van der Waals surface area (Å²) in [4.78, 5) is 0. The summed E-state index contributed by atoms with van der Waals surface area (Å²) in [6, 6.07) is 12.8. The molecule has 0 aliphatic heterocycles. The van der Waals surface area contributed by atoms with Gasteiger partial charge in [-0.15, -0.1) is 0 Å². The van der Waals surface area contributed by atoms with Crippen molar-refractivity contribution in [2.75, 3.05) is 20.8 Å². The van der Waals surface area contributed by atoms with Crippen LogP contribution >= 0.6 is 0 Å². The number of aryl methyl sites for hydroxylation is 2. The first-order valence-electron chi connectivity index (χ1n) is 8.69. The summed E-state index contributed by atoms with van der Waals surface area (Å²) in [5, 5.41) is 0. The van der Waals surface area contributed by atoms with Crippen LogP contribution in [0.1, 0.15) is 42.0 Å². The van der Waals surface area contributed by atoms with Crippen molar-refractivity contribution in [2.45, 2.75) is 39.0 Å². The van der Waals surface area contributed by atoms with Crippen LogP contribution in [0.15, 0.2) is 36.4 Å². The van der Waals surface area contributed by atoms with Crippen molar-refractivity contribution in [3.05, 3.63) is 58.7 Å². The van der Waals surface area contributed by atoms with Crippen LogP contribution in [0.5, 0.6) is 11.5 Å². The van der Waals surface area contributed by atoms with Crippen molar-refractivity contribution in [1.29, 1.82) is 0 Å². The zero-order valence-corrected chi connectivity index (χ0v) is 15.3. The second kappa shape index (κ2) is 8.74. The third-order valence-corrected chi connectivity index (χ3v) is 4.63. The lowest BCUT2D eigenvalue weighted by Crippen LogP contribution is -2.16. The van der Waals surface area contributed by atoms with Crippen molar-refractivity contribution < 1.29 is 9.47 Å². The van der Waals surface area contributed by atoms with Gasteiger partial charge in [0.2, 0.25) is 0 Å². The fourth-order valence-corrected chi connectivity index (χ4v) is 3.16. The first kappa shape index (κ1) is 18.3. The van der Waals surface area contributed by atoms with E-state index in [0.717, 1.165) is 30.8 Å². The third kappa shape index (κ3) is 4.09. The van der Waals surface area contributed by atoms with Crippen LogP contribution in [0, 0.1) is 0 Å². The van der Waals surface area contributed by atoms with Crippen molar-refractivity contribution in [2.24, 2.45) is 5.73 Å². The number of benzene rings is 2. The van der Waals surface area contributed by atoms with E-state index < -0.39 is 0 Å². The second-order valence-corrected chi connectivity index (χ2v) is 6.07. The minimum Gasteiger partial charge on any atom is -0.496 e. The number of nitrogens with two attached hydrogens (primary N) is 1. The van der Waals surface area contributed by atoms with Crippen LogP contribution in [0.25, 0.3) is 0 Å². The molecule has 2 aromatic carbocycles. The molecule has 1 atom stereocenters. The van der Waals surface area contributed by atoms with Gasteiger partial charge in [0.1, 0.15) is 11.5 Å². The maximum atomic E-state index is 6.11. The van der Waals surface area contributed by atoms with Gasteiger partial charge in [-0.3, -0.25) is 0 Å². The Labute approximate surface area is 145 Å². The smallest absolute Gasteiger partial charge is 0.122 e. The van der Waals surface area contributed by atoms with E-state index in [-0.39, 0.29) is 5.92 Å².